The lowest BCUT2D eigenvalue weighted by atomic mass is 10.0. The summed E-state index contributed by atoms with van der Waals surface area (Å²) in [5, 5.41) is 10.5. The second-order valence-electron chi connectivity index (χ2n) is 7.96. The summed E-state index contributed by atoms with van der Waals surface area (Å²) in [7, 11) is 0. The fraction of sp³-hybridized carbons (Fsp3) is 0.200. The van der Waals surface area contributed by atoms with Gasteiger partial charge in [-0.1, -0.05) is 12.1 Å². The van der Waals surface area contributed by atoms with Gasteiger partial charge in [0.05, 0.1) is 16.8 Å². The number of nitrogens with zero attached hydrogens (tertiary/aromatic N) is 3. The summed E-state index contributed by atoms with van der Waals surface area (Å²) in [4.78, 5) is 14.2. The Morgan fingerprint density at radius 1 is 1.19 bits per heavy atom. The van der Waals surface area contributed by atoms with Crippen molar-refractivity contribution in [3.63, 3.8) is 0 Å². The van der Waals surface area contributed by atoms with Crippen LogP contribution in [0.25, 0.3) is 10.9 Å². The van der Waals surface area contributed by atoms with Gasteiger partial charge in [0.1, 0.15) is 5.82 Å². The molecule has 3 heterocycles. The Hall–Kier alpha value is -3.67. The number of nitrogens with one attached hydrogen (secondary N) is 1. The van der Waals surface area contributed by atoms with Gasteiger partial charge in [-0.15, -0.1) is 0 Å². The number of anilines is 1. The lowest BCUT2D eigenvalue weighted by Crippen LogP contribution is -2.20. The molecule has 1 atom stereocenters. The van der Waals surface area contributed by atoms with Gasteiger partial charge in [0, 0.05) is 48.2 Å². The number of hydrogen-bond acceptors (Lipinski definition) is 4. The number of H-pyrrole nitrogens is 1. The van der Waals surface area contributed by atoms with E-state index in [1.165, 1.54) is 18.0 Å². The van der Waals surface area contributed by atoms with Crippen molar-refractivity contribution in [1.82, 2.24) is 9.97 Å². The lowest BCUT2D eigenvalue weighted by Gasteiger charge is -2.21. The highest BCUT2D eigenvalue weighted by molar-refractivity contribution is 6.02. The van der Waals surface area contributed by atoms with Crippen molar-refractivity contribution < 1.29 is 9.50 Å². The van der Waals surface area contributed by atoms with E-state index in [1.807, 2.05) is 30.5 Å². The zero-order valence-electron chi connectivity index (χ0n) is 17.2. The van der Waals surface area contributed by atoms with Gasteiger partial charge in [-0.05, 0) is 61.4 Å². The van der Waals surface area contributed by atoms with Crippen molar-refractivity contribution in [1.29, 1.82) is 0 Å². The van der Waals surface area contributed by atoms with Gasteiger partial charge in [0.2, 0.25) is 0 Å². The maximum Gasteiger partial charge on any atom is 0.198 e. The van der Waals surface area contributed by atoms with Crippen LogP contribution in [0.1, 0.15) is 29.2 Å². The standard InChI is InChI=1S/C25H23FN4O/c1-16-13-18(28-14-19-24-20(26)5-4-7-22(24)29-25(19)31)8-9-23(16)30-12-10-17(15-30)21-6-2-3-11-27-21/h2-9,11,13-14,17,29,31H,10,12,15H2,1H3. The number of aromatic amines is 1. The van der Waals surface area contributed by atoms with Crippen molar-refractivity contribution in [2.24, 2.45) is 4.99 Å². The van der Waals surface area contributed by atoms with Crippen molar-refractivity contribution in [2.45, 2.75) is 19.3 Å². The molecule has 0 bridgehead atoms. The van der Waals surface area contributed by atoms with E-state index in [0.717, 1.165) is 36.5 Å². The minimum absolute atomic E-state index is 0.0881. The van der Waals surface area contributed by atoms with Crippen molar-refractivity contribution in [3.05, 3.63) is 83.4 Å². The maximum atomic E-state index is 14.2. The molecule has 4 aromatic rings. The molecule has 0 aliphatic carbocycles. The average molecular weight is 414 g/mol. The van der Waals surface area contributed by atoms with Gasteiger partial charge >= 0.3 is 0 Å². The van der Waals surface area contributed by atoms with E-state index in [1.54, 1.807) is 12.1 Å². The van der Waals surface area contributed by atoms with E-state index < -0.39 is 5.82 Å². The van der Waals surface area contributed by atoms with E-state index in [4.69, 9.17) is 0 Å². The number of halogens is 1. The Bertz CT molecular complexity index is 1270. The molecule has 1 unspecified atom stereocenters. The molecular formula is C25H23FN4O. The van der Waals surface area contributed by atoms with Gasteiger partial charge in [-0.3, -0.25) is 9.98 Å². The molecule has 1 aliphatic heterocycles. The van der Waals surface area contributed by atoms with Crippen LogP contribution in [0.5, 0.6) is 5.88 Å². The first kappa shape index (κ1) is 19.3. The van der Waals surface area contributed by atoms with Crippen LogP contribution in [0.15, 0.2) is 65.8 Å². The quantitative estimate of drug-likeness (QED) is 0.436. The van der Waals surface area contributed by atoms with Crippen molar-refractivity contribution >= 4 is 28.5 Å². The first-order chi connectivity index (χ1) is 15.1. The van der Waals surface area contributed by atoms with Crippen LogP contribution in [0, 0.1) is 12.7 Å². The number of aromatic nitrogens is 2. The van der Waals surface area contributed by atoms with Gasteiger partial charge < -0.3 is 15.0 Å². The summed E-state index contributed by atoms with van der Waals surface area (Å²) in [6.07, 6.45) is 4.45. The Morgan fingerprint density at radius 3 is 2.90 bits per heavy atom. The number of aromatic hydroxyl groups is 1. The second-order valence-corrected chi connectivity index (χ2v) is 7.96. The number of benzene rings is 2. The molecule has 0 saturated carbocycles. The summed E-state index contributed by atoms with van der Waals surface area (Å²) in [6, 6.07) is 16.8. The van der Waals surface area contributed by atoms with Crippen LogP contribution in [0.4, 0.5) is 15.8 Å². The largest absolute Gasteiger partial charge is 0.494 e. The molecule has 156 valence electrons. The van der Waals surface area contributed by atoms with Crippen molar-refractivity contribution in [2.75, 3.05) is 18.0 Å². The third-order valence-corrected chi connectivity index (χ3v) is 5.95. The number of aryl methyl sites for hydroxylation is 1. The number of rotatable bonds is 4. The highest BCUT2D eigenvalue weighted by Crippen LogP contribution is 2.33. The first-order valence-corrected chi connectivity index (χ1v) is 10.4. The molecule has 2 N–H and O–H groups in total. The average Bonchev–Trinajstić information content (AvgIpc) is 3.38. The van der Waals surface area contributed by atoms with Gasteiger partial charge in [-0.25, -0.2) is 4.39 Å². The van der Waals surface area contributed by atoms with E-state index in [-0.39, 0.29) is 5.88 Å². The number of hydrogen-bond donors (Lipinski definition) is 2. The molecule has 6 heteroatoms. The molecule has 2 aromatic carbocycles. The molecule has 31 heavy (non-hydrogen) atoms. The topological polar surface area (TPSA) is 64.5 Å². The van der Waals surface area contributed by atoms with Crippen LogP contribution in [0.3, 0.4) is 0 Å². The zero-order chi connectivity index (χ0) is 21.4. The minimum Gasteiger partial charge on any atom is -0.494 e. The molecule has 5 rings (SSSR count). The van der Waals surface area contributed by atoms with Crippen LogP contribution < -0.4 is 4.90 Å². The maximum absolute atomic E-state index is 14.2. The second kappa shape index (κ2) is 7.87. The summed E-state index contributed by atoms with van der Waals surface area (Å²) < 4.78 is 14.2. The molecule has 5 nitrogen and oxygen atoms in total. The Kier molecular flexibility index (Phi) is 4.90. The molecule has 2 aromatic heterocycles. The number of fused-ring (bicyclic) bond motifs is 1. The van der Waals surface area contributed by atoms with Crippen LogP contribution in [-0.2, 0) is 0 Å². The van der Waals surface area contributed by atoms with E-state index in [9.17, 15) is 9.50 Å². The SMILES string of the molecule is Cc1cc(N=Cc2c(O)[nH]c3cccc(F)c23)ccc1N1CCC(c2ccccn2)C1. The molecule has 1 fully saturated rings. The monoisotopic (exact) mass is 414 g/mol. The Morgan fingerprint density at radius 2 is 2.10 bits per heavy atom. The van der Waals surface area contributed by atoms with E-state index in [0.29, 0.717) is 22.4 Å². The minimum atomic E-state index is -0.390. The molecular weight excluding hydrogens is 391 g/mol. The normalized spacial score (nSPS) is 16.6. The highest BCUT2D eigenvalue weighted by Gasteiger charge is 2.25. The molecule has 1 saturated heterocycles. The molecule has 1 aliphatic rings. The fourth-order valence-corrected chi connectivity index (χ4v) is 4.39. The number of pyridine rings is 1. The van der Waals surface area contributed by atoms with E-state index >= 15 is 0 Å². The highest BCUT2D eigenvalue weighted by atomic mass is 19.1. The van der Waals surface area contributed by atoms with Gasteiger partial charge in [0.15, 0.2) is 5.88 Å². The Balaban J connectivity index is 1.37. The van der Waals surface area contributed by atoms with Crippen LogP contribution in [-0.4, -0.2) is 34.4 Å². The molecule has 0 spiro atoms. The smallest absolute Gasteiger partial charge is 0.198 e. The third-order valence-electron chi connectivity index (χ3n) is 5.95. The van der Waals surface area contributed by atoms with Gasteiger partial charge in [-0.2, -0.15) is 0 Å². The summed E-state index contributed by atoms with van der Waals surface area (Å²) in [5.74, 6) is -0.0358. The molecule has 0 amide bonds. The summed E-state index contributed by atoms with van der Waals surface area (Å²) in [6.45, 7) is 4.02. The zero-order valence-corrected chi connectivity index (χ0v) is 17.2. The van der Waals surface area contributed by atoms with E-state index in [2.05, 4.69) is 38.9 Å². The first-order valence-electron chi connectivity index (χ1n) is 10.4. The van der Waals surface area contributed by atoms with Crippen LogP contribution in [0.2, 0.25) is 0 Å². The predicted molar refractivity (Wildman–Crippen MR) is 122 cm³/mol. The van der Waals surface area contributed by atoms with Gasteiger partial charge in [0.25, 0.3) is 0 Å². The summed E-state index contributed by atoms with van der Waals surface area (Å²) >= 11 is 0. The summed E-state index contributed by atoms with van der Waals surface area (Å²) in [5.41, 5.74) is 5.13. The fourth-order valence-electron chi connectivity index (χ4n) is 4.39. The van der Waals surface area contributed by atoms with Crippen LogP contribution >= 0.6 is 0 Å². The molecule has 0 radical (unpaired) electrons. The third kappa shape index (κ3) is 3.65. The Labute approximate surface area is 179 Å². The predicted octanol–water partition coefficient (Wildman–Crippen LogP) is 5.46. The number of aliphatic imine (C=N–C) groups is 1. The lowest BCUT2D eigenvalue weighted by molar-refractivity contribution is 0.457. The van der Waals surface area contributed by atoms with Crippen molar-refractivity contribution in [3.8, 4) is 5.88 Å².